The largest absolute Gasteiger partial charge is 0.463 e. The molecule has 0 aromatic heterocycles. The molecule has 1 unspecified atom stereocenters. The van der Waals surface area contributed by atoms with Crippen LogP contribution < -0.4 is 15.5 Å². The number of esters is 1. The van der Waals surface area contributed by atoms with Crippen LogP contribution in [0.25, 0.3) is 0 Å². The van der Waals surface area contributed by atoms with Gasteiger partial charge in [0.2, 0.25) is 0 Å². The van der Waals surface area contributed by atoms with Gasteiger partial charge in [-0.05, 0) is 32.4 Å². The number of nitrogens with zero attached hydrogens (tertiary/aromatic N) is 2. The van der Waals surface area contributed by atoms with Gasteiger partial charge in [0.25, 0.3) is 0 Å². The van der Waals surface area contributed by atoms with Crippen LogP contribution in [0.2, 0.25) is 0 Å². The number of hydrogen-bond donors (Lipinski definition) is 2. The average molecular weight is 496 g/mol. The van der Waals surface area contributed by atoms with Crippen molar-refractivity contribution >= 4 is 41.6 Å². The molecule has 9 heteroatoms. The summed E-state index contributed by atoms with van der Waals surface area (Å²) < 4.78 is 32.0. The summed E-state index contributed by atoms with van der Waals surface area (Å²) in [4.78, 5) is 17.5. The fraction of sp³-hybridized carbons (Fsp3) is 0.556. The molecule has 1 saturated heterocycles. The summed E-state index contributed by atoms with van der Waals surface area (Å²) in [6.07, 6.45) is 0.917. The maximum absolute atomic E-state index is 13.9. The van der Waals surface area contributed by atoms with E-state index in [1.807, 2.05) is 18.7 Å². The zero-order chi connectivity index (χ0) is 19.1. The maximum Gasteiger partial charge on any atom is 0.307 e. The summed E-state index contributed by atoms with van der Waals surface area (Å²) >= 11 is 0. The highest BCUT2D eigenvalue weighted by Crippen LogP contribution is 2.24. The van der Waals surface area contributed by atoms with Gasteiger partial charge in [0.05, 0.1) is 18.2 Å². The summed E-state index contributed by atoms with van der Waals surface area (Å²) in [5.41, 5.74) is 0.398. The van der Waals surface area contributed by atoms with Crippen LogP contribution in [-0.2, 0) is 9.53 Å². The monoisotopic (exact) mass is 496 g/mol. The number of rotatable bonds is 6. The van der Waals surface area contributed by atoms with E-state index in [-0.39, 0.29) is 48.5 Å². The molecule has 1 aliphatic rings. The second kappa shape index (κ2) is 11.3. The zero-order valence-corrected chi connectivity index (χ0v) is 18.1. The van der Waals surface area contributed by atoms with Gasteiger partial charge in [0, 0.05) is 38.8 Å². The lowest BCUT2D eigenvalue weighted by Crippen LogP contribution is -2.45. The van der Waals surface area contributed by atoms with Crippen LogP contribution >= 0.6 is 24.0 Å². The molecule has 6 nitrogen and oxygen atoms in total. The topological polar surface area (TPSA) is 66.0 Å². The van der Waals surface area contributed by atoms with Crippen LogP contribution in [0.3, 0.4) is 0 Å². The van der Waals surface area contributed by atoms with Gasteiger partial charge in [-0.15, -0.1) is 24.0 Å². The molecule has 1 aromatic rings. The lowest BCUT2D eigenvalue weighted by atomic mass is 10.2. The van der Waals surface area contributed by atoms with Crippen molar-refractivity contribution in [1.82, 2.24) is 10.6 Å². The van der Waals surface area contributed by atoms with E-state index in [1.54, 1.807) is 7.05 Å². The molecule has 0 radical (unpaired) electrons. The van der Waals surface area contributed by atoms with E-state index in [9.17, 15) is 13.6 Å². The molecule has 0 bridgehead atoms. The van der Waals surface area contributed by atoms with Crippen LogP contribution in [0, 0.1) is 11.6 Å². The van der Waals surface area contributed by atoms with Crippen molar-refractivity contribution in [3.05, 3.63) is 29.8 Å². The van der Waals surface area contributed by atoms with Gasteiger partial charge in [-0.25, -0.2) is 8.78 Å². The van der Waals surface area contributed by atoms with Crippen molar-refractivity contribution in [1.29, 1.82) is 0 Å². The van der Waals surface area contributed by atoms with E-state index < -0.39 is 11.6 Å². The molecule has 0 aliphatic carbocycles. The van der Waals surface area contributed by atoms with Crippen LogP contribution in [0.15, 0.2) is 23.2 Å². The Hall–Kier alpha value is -1.65. The highest BCUT2D eigenvalue weighted by atomic mass is 127. The Bertz CT molecular complexity index is 658. The van der Waals surface area contributed by atoms with E-state index in [4.69, 9.17) is 4.74 Å². The number of aliphatic imine (C=N–C) groups is 1. The normalized spacial score (nSPS) is 16.9. The lowest BCUT2D eigenvalue weighted by Gasteiger charge is -2.21. The van der Waals surface area contributed by atoms with Crippen LogP contribution in [-0.4, -0.2) is 50.8 Å². The predicted octanol–water partition coefficient (Wildman–Crippen LogP) is 2.67. The van der Waals surface area contributed by atoms with E-state index in [0.717, 1.165) is 12.5 Å². The van der Waals surface area contributed by atoms with Gasteiger partial charge in [-0.1, -0.05) is 0 Å². The molecule has 2 N–H and O–H groups in total. The Morgan fingerprint density at radius 2 is 2.15 bits per heavy atom. The fourth-order valence-corrected chi connectivity index (χ4v) is 2.83. The number of halogens is 3. The fourth-order valence-electron chi connectivity index (χ4n) is 2.83. The van der Waals surface area contributed by atoms with Crippen molar-refractivity contribution < 1.29 is 18.3 Å². The van der Waals surface area contributed by atoms with E-state index in [1.165, 1.54) is 12.1 Å². The van der Waals surface area contributed by atoms with E-state index in [0.29, 0.717) is 31.3 Å². The zero-order valence-electron chi connectivity index (χ0n) is 15.8. The predicted molar refractivity (Wildman–Crippen MR) is 113 cm³/mol. The van der Waals surface area contributed by atoms with Gasteiger partial charge >= 0.3 is 5.97 Å². The Morgan fingerprint density at radius 3 is 2.78 bits per heavy atom. The third kappa shape index (κ3) is 7.47. The molecular weight excluding hydrogens is 469 g/mol. The highest BCUT2D eigenvalue weighted by molar-refractivity contribution is 14.0. The van der Waals surface area contributed by atoms with Crippen molar-refractivity contribution in [3.8, 4) is 0 Å². The summed E-state index contributed by atoms with van der Waals surface area (Å²) in [6, 6.07) is 3.69. The molecule has 0 amide bonds. The summed E-state index contributed by atoms with van der Waals surface area (Å²) in [6.45, 7) is 5.27. The molecular formula is C18H27F2IN4O2. The van der Waals surface area contributed by atoms with E-state index in [2.05, 4.69) is 15.6 Å². The van der Waals surface area contributed by atoms with Gasteiger partial charge < -0.3 is 20.3 Å². The molecule has 1 aliphatic heterocycles. The molecule has 152 valence electrons. The average Bonchev–Trinajstić information content (AvgIpc) is 3.01. The number of carbonyl (C=O) groups is 1. The SMILES string of the molecule is CN=C(NCCC(=O)OC(C)C)NC1CCN(c2ccc(F)cc2F)C1.I. The Balaban J connectivity index is 0.00000364. The quantitative estimate of drug-likeness (QED) is 0.275. The number of nitrogens with one attached hydrogen (secondary N) is 2. The van der Waals surface area contributed by atoms with Gasteiger partial charge in [0.15, 0.2) is 5.96 Å². The number of anilines is 1. The molecule has 1 fully saturated rings. The standard InChI is InChI=1S/C18H26F2N4O2.HI/c1-12(2)26-17(25)6-8-22-18(21-3)23-14-7-9-24(11-14)16-5-4-13(19)10-15(16)20;/h4-5,10,12,14H,6-9,11H2,1-3H3,(H2,21,22,23);1H. The Morgan fingerprint density at radius 1 is 1.41 bits per heavy atom. The first-order valence-corrected chi connectivity index (χ1v) is 8.75. The molecule has 0 spiro atoms. The second-order valence-electron chi connectivity index (χ2n) is 6.46. The van der Waals surface area contributed by atoms with E-state index >= 15 is 0 Å². The first kappa shape index (κ1) is 23.4. The smallest absolute Gasteiger partial charge is 0.307 e. The molecule has 1 heterocycles. The Labute approximate surface area is 175 Å². The van der Waals surface area contributed by atoms with Crippen LogP contribution in [0.5, 0.6) is 0 Å². The number of carbonyl (C=O) groups excluding carboxylic acids is 1. The lowest BCUT2D eigenvalue weighted by molar-refractivity contribution is -0.147. The minimum Gasteiger partial charge on any atom is -0.463 e. The molecule has 0 saturated carbocycles. The summed E-state index contributed by atoms with van der Waals surface area (Å²) in [7, 11) is 1.65. The third-order valence-electron chi connectivity index (χ3n) is 3.99. The second-order valence-corrected chi connectivity index (χ2v) is 6.46. The minimum atomic E-state index is -0.583. The highest BCUT2D eigenvalue weighted by Gasteiger charge is 2.25. The van der Waals surface area contributed by atoms with Crippen molar-refractivity contribution in [2.24, 2.45) is 4.99 Å². The van der Waals surface area contributed by atoms with Gasteiger partial charge in [-0.3, -0.25) is 9.79 Å². The molecule has 2 rings (SSSR count). The minimum absolute atomic E-state index is 0. The van der Waals surface area contributed by atoms with Crippen molar-refractivity contribution in [3.63, 3.8) is 0 Å². The van der Waals surface area contributed by atoms with Crippen LogP contribution in [0.4, 0.5) is 14.5 Å². The number of benzene rings is 1. The molecule has 27 heavy (non-hydrogen) atoms. The summed E-state index contributed by atoms with van der Waals surface area (Å²) in [5, 5.41) is 6.33. The molecule has 1 atom stereocenters. The number of guanidine groups is 1. The van der Waals surface area contributed by atoms with Gasteiger partial charge in [0.1, 0.15) is 11.6 Å². The molecule has 1 aromatic carbocycles. The van der Waals surface area contributed by atoms with Crippen LogP contribution in [0.1, 0.15) is 26.7 Å². The number of ether oxygens (including phenoxy) is 1. The number of hydrogen-bond acceptors (Lipinski definition) is 4. The first-order chi connectivity index (χ1) is 12.4. The Kier molecular flexibility index (Phi) is 9.75. The maximum atomic E-state index is 13.9. The van der Waals surface area contributed by atoms with Crippen molar-refractivity contribution in [2.75, 3.05) is 31.6 Å². The van der Waals surface area contributed by atoms with Crippen molar-refractivity contribution in [2.45, 2.75) is 38.8 Å². The first-order valence-electron chi connectivity index (χ1n) is 8.75. The third-order valence-corrected chi connectivity index (χ3v) is 3.99. The van der Waals surface area contributed by atoms with Gasteiger partial charge in [-0.2, -0.15) is 0 Å². The summed E-state index contributed by atoms with van der Waals surface area (Å²) in [5.74, 6) is -0.826.